The van der Waals surface area contributed by atoms with Gasteiger partial charge in [-0.2, -0.15) is 5.10 Å². The molecule has 1 aromatic heterocycles. The van der Waals surface area contributed by atoms with Gasteiger partial charge in [-0.3, -0.25) is 9.48 Å². The van der Waals surface area contributed by atoms with E-state index in [1.54, 1.807) is 9.58 Å². The highest BCUT2D eigenvalue weighted by molar-refractivity contribution is 5.80. The minimum absolute atomic E-state index is 0.126. The van der Waals surface area contributed by atoms with Gasteiger partial charge >= 0.3 is 12.0 Å². The summed E-state index contributed by atoms with van der Waals surface area (Å²) in [6.45, 7) is 1.62. The molecule has 3 heterocycles. The Balaban J connectivity index is 1.38. The topological polar surface area (TPSA) is 96.7 Å². The number of carboxylic acid groups (broad SMARTS) is 1. The summed E-state index contributed by atoms with van der Waals surface area (Å²) in [5.74, 6) is -0.422. The van der Waals surface area contributed by atoms with E-state index in [1.807, 2.05) is 13.1 Å². The van der Waals surface area contributed by atoms with E-state index in [1.165, 1.54) is 12.8 Å². The predicted molar refractivity (Wildman–Crippen MR) is 83.4 cm³/mol. The van der Waals surface area contributed by atoms with Gasteiger partial charge in [0.15, 0.2) is 0 Å². The number of urea groups is 1. The molecule has 24 heavy (non-hydrogen) atoms. The Hall–Kier alpha value is -2.09. The molecule has 3 aliphatic rings. The Morgan fingerprint density at radius 3 is 2.96 bits per heavy atom. The number of hydrogen-bond donors (Lipinski definition) is 2. The lowest BCUT2D eigenvalue weighted by molar-refractivity contribution is -0.149. The normalized spacial score (nSPS) is 28.9. The van der Waals surface area contributed by atoms with Gasteiger partial charge in [-0.15, -0.1) is 0 Å². The molecule has 2 N–H and O–H groups in total. The molecule has 0 unspecified atom stereocenters. The van der Waals surface area contributed by atoms with E-state index in [0.717, 1.165) is 11.4 Å². The third kappa shape index (κ3) is 2.45. The van der Waals surface area contributed by atoms with Crippen molar-refractivity contribution in [3.05, 3.63) is 17.5 Å². The monoisotopic (exact) mass is 334 g/mol. The molecule has 4 rings (SSSR count). The van der Waals surface area contributed by atoms with Gasteiger partial charge in [0.2, 0.25) is 0 Å². The molecule has 2 amide bonds. The molecule has 1 aliphatic carbocycles. The second kappa shape index (κ2) is 5.47. The molecule has 2 saturated heterocycles. The second-order valence-electron chi connectivity index (χ2n) is 7.17. The molecule has 0 bridgehead atoms. The van der Waals surface area contributed by atoms with Crippen LogP contribution in [0.25, 0.3) is 0 Å². The average Bonchev–Trinajstić information content (AvgIpc) is 3.04. The number of aliphatic carboxylic acids is 1. The van der Waals surface area contributed by atoms with Crippen molar-refractivity contribution in [2.24, 2.45) is 18.4 Å². The van der Waals surface area contributed by atoms with Crippen molar-refractivity contribution in [1.29, 1.82) is 0 Å². The van der Waals surface area contributed by atoms with E-state index in [9.17, 15) is 14.7 Å². The highest BCUT2D eigenvalue weighted by Gasteiger charge is 2.57. The Labute approximate surface area is 139 Å². The molecule has 0 radical (unpaired) electrons. The summed E-state index contributed by atoms with van der Waals surface area (Å²) >= 11 is 0. The number of aromatic nitrogens is 2. The minimum Gasteiger partial charge on any atom is -0.481 e. The highest BCUT2D eigenvalue weighted by Crippen LogP contribution is 2.41. The Bertz CT molecular complexity index is 684. The number of carbonyl (C=O) groups is 2. The Morgan fingerprint density at radius 2 is 2.29 bits per heavy atom. The van der Waals surface area contributed by atoms with Gasteiger partial charge in [0.25, 0.3) is 0 Å². The fourth-order valence-electron chi connectivity index (χ4n) is 3.75. The number of ether oxygens (including phenoxy) is 1. The maximum absolute atomic E-state index is 12.4. The third-order valence-corrected chi connectivity index (χ3v) is 5.50. The number of likely N-dealkylation sites (tertiary alicyclic amines) is 1. The van der Waals surface area contributed by atoms with Crippen LogP contribution in [0.4, 0.5) is 4.79 Å². The maximum atomic E-state index is 12.4. The molecular weight excluding hydrogens is 312 g/mol. The second-order valence-corrected chi connectivity index (χ2v) is 7.17. The van der Waals surface area contributed by atoms with Crippen molar-refractivity contribution in [3.8, 4) is 0 Å². The van der Waals surface area contributed by atoms with Gasteiger partial charge in [0.1, 0.15) is 5.41 Å². The van der Waals surface area contributed by atoms with Crippen molar-refractivity contribution in [3.63, 3.8) is 0 Å². The minimum atomic E-state index is -0.941. The smallest absolute Gasteiger partial charge is 0.317 e. The number of carbonyl (C=O) groups excluding carboxylic acids is 1. The lowest BCUT2D eigenvalue weighted by Gasteiger charge is -2.22. The number of rotatable bonds is 4. The number of fused-ring (bicyclic) bond motifs is 1. The molecule has 130 valence electrons. The highest BCUT2D eigenvalue weighted by atomic mass is 16.5. The largest absolute Gasteiger partial charge is 0.481 e. The summed E-state index contributed by atoms with van der Waals surface area (Å²) in [6, 6.07) is 1.82. The van der Waals surface area contributed by atoms with E-state index in [-0.39, 0.29) is 25.1 Å². The van der Waals surface area contributed by atoms with E-state index in [2.05, 4.69) is 10.4 Å². The SMILES string of the molecule is Cn1nc(C2CC2)cc1CNC(=O)N1C[C@@H]2COC[C@]2(C(=O)O)C1. The van der Waals surface area contributed by atoms with Crippen LogP contribution in [0.2, 0.25) is 0 Å². The zero-order valence-electron chi connectivity index (χ0n) is 13.7. The first-order valence-corrected chi connectivity index (χ1v) is 8.36. The molecule has 0 aromatic carbocycles. The first-order valence-electron chi connectivity index (χ1n) is 8.36. The van der Waals surface area contributed by atoms with E-state index in [4.69, 9.17) is 4.74 Å². The summed E-state index contributed by atoms with van der Waals surface area (Å²) in [7, 11) is 1.88. The van der Waals surface area contributed by atoms with Crippen LogP contribution in [-0.4, -0.2) is 58.1 Å². The summed E-state index contributed by atoms with van der Waals surface area (Å²) in [4.78, 5) is 25.6. The van der Waals surface area contributed by atoms with Gasteiger partial charge < -0.3 is 20.1 Å². The molecule has 8 heteroatoms. The van der Waals surface area contributed by atoms with Crippen LogP contribution in [-0.2, 0) is 23.1 Å². The maximum Gasteiger partial charge on any atom is 0.317 e. The van der Waals surface area contributed by atoms with E-state index in [0.29, 0.717) is 25.6 Å². The van der Waals surface area contributed by atoms with Crippen LogP contribution in [0.5, 0.6) is 0 Å². The lowest BCUT2D eigenvalue weighted by atomic mass is 9.81. The Morgan fingerprint density at radius 1 is 1.50 bits per heavy atom. The van der Waals surface area contributed by atoms with Crippen LogP contribution < -0.4 is 5.32 Å². The zero-order valence-corrected chi connectivity index (χ0v) is 13.7. The predicted octanol–water partition coefficient (Wildman–Crippen LogP) is 0.540. The molecular formula is C16H22N4O4. The van der Waals surface area contributed by atoms with Gasteiger partial charge in [-0.25, -0.2) is 4.79 Å². The fraction of sp³-hybridized carbons (Fsp3) is 0.688. The van der Waals surface area contributed by atoms with Crippen LogP contribution in [0.1, 0.15) is 30.1 Å². The van der Waals surface area contributed by atoms with Gasteiger partial charge in [-0.05, 0) is 18.9 Å². The van der Waals surface area contributed by atoms with Crippen molar-refractivity contribution in [1.82, 2.24) is 20.0 Å². The van der Waals surface area contributed by atoms with Gasteiger partial charge in [0, 0.05) is 32.0 Å². The molecule has 1 aromatic rings. The fourth-order valence-corrected chi connectivity index (χ4v) is 3.75. The van der Waals surface area contributed by atoms with Crippen LogP contribution in [0.3, 0.4) is 0 Å². The van der Waals surface area contributed by atoms with Crippen LogP contribution in [0.15, 0.2) is 6.07 Å². The number of hydrogen-bond acceptors (Lipinski definition) is 4. The molecule has 8 nitrogen and oxygen atoms in total. The van der Waals surface area contributed by atoms with Crippen LogP contribution >= 0.6 is 0 Å². The average molecular weight is 334 g/mol. The third-order valence-electron chi connectivity index (χ3n) is 5.50. The summed E-state index contributed by atoms with van der Waals surface area (Å²) in [6.07, 6.45) is 2.38. The summed E-state index contributed by atoms with van der Waals surface area (Å²) in [5, 5.41) is 16.9. The molecule has 1 saturated carbocycles. The van der Waals surface area contributed by atoms with Crippen molar-refractivity contribution < 1.29 is 19.4 Å². The van der Waals surface area contributed by atoms with E-state index < -0.39 is 11.4 Å². The first-order chi connectivity index (χ1) is 11.5. The lowest BCUT2D eigenvalue weighted by Crippen LogP contribution is -2.43. The Kier molecular flexibility index (Phi) is 3.52. The van der Waals surface area contributed by atoms with Gasteiger partial charge in [0.05, 0.1) is 31.1 Å². The number of carboxylic acids is 1. The molecule has 2 atom stereocenters. The first kappa shape index (κ1) is 15.4. The molecule has 2 aliphatic heterocycles. The van der Waals surface area contributed by atoms with E-state index >= 15 is 0 Å². The summed E-state index contributed by atoms with van der Waals surface area (Å²) in [5.41, 5.74) is 1.11. The molecule has 0 spiro atoms. The van der Waals surface area contributed by atoms with Crippen molar-refractivity contribution in [2.75, 3.05) is 26.3 Å². The molecule has 3 fully saturated rings. The zero-order chi connectivity index (χ0) is 16.9. The number of nitrogens with one attached hydrogen (secondary N) is 1. The van der Waals surface area contributed by atoms with Crippen molar-refractivity contribution >= 4 is 12.0 Å². The number of amides is 2. The summed E-state index contributed by atoms with van der Waals surface area (Å²) < 4.78 is 7.13. The van der Waals surface area contributed by atoms with Crippen LogP contribution in [0, 0.1) is 11.3 Å². The quantitative estimate of drug-likeness (QED) is 0.838. The van der Waals surface area contributed by atoms with Gasteiger partial charge in [-0.1, -0.05) is 0 Å². The number of nitrogens with zero attached hydrogens (tertiary/aromatic N) is 3. The number of aryl methyl sites for hydroxylation is 1. The van der Waals surface area contributed by atoms with Crippen molar-refractivity contribution in [2.45, 2.75) is 25.3 Å². The standard InChI is InChI=1S/C16H22N4O4/c1-19-12(4-13(18-19)10-2-3-10)5-17-15(23)20-6-11-7-24-9-16(11,8-20)14(21)22/h4,10-11H,2-3,5-9H2,1H3,(H,17,23)(H,21,22)/t11-,16-/m1/s1.